The van der Waals surface area contributed by atoms with E-state index in [0.717, 1.165) is 58.7 Å². The Balaban J connectivity index is 1.50. The number of aromatic nitrogens is 2. The maximum atomic E-state index is 14.0. The molecule has 1 aliphatic heterocycles. The Morgan fingerprint density at radius 3 is 1.96 bits per heavy atom. The van der Waals surface area contributed by atoms with Crippen molar-refractivity contribution in [2.75, 3.05) is 0 Å². The monoisotopic (exact) mass is 603 g/mol. The van der Waals surface area contributed by atoms with Crippen LogP contribution in [0.15, 0.2) is 83.9 Å². The van der Waals surface area contributed by atoms with Crippen molar-refractivity contribution in [3.05, 3.63) is 107 Å². The zero-order valence-corrected chi connectivity index (χ0v) is 27.5. The van der Waals surface area contributed by atoms with Gasteiger partial charge in [0.2, 0.25) is 0 Å². The van der Waals surface area contributed by atoms with Crippen molar-refractivity contribution in [1.82, 2.24) is 9.78 Å². The summed E-state index contributed by atoms with van der Waals surface area (Å²) in [5, 5.41) is 5.24. The van der Waals surface area contributed by atoms with Gasteiger partial charge < -0.3 is 9.47 Å². The Hall–Kier alpha value is -4.19. The second-order valence-electron chi connectivity index (χ2n) is 14.4. The molecule has 1 fully saturated rings. The number of nitrogens with zero attached hydrogens (tertiary/aromatic N) is 3. The quantitative estimate of drug-likeness (QED) is 0.211. The molecule has 2 aliphatic rings. The molecular formula is C39H45N3O3. The lowest BCUT2D eigenvalue weighted by atomic mass is 9.71. The maximum absolute atomic E-state index is 14.0. The number of Topliss-reactive ketones (excluding diaryl/α,β-unsaturated/α-hetero) is 1. The van der Waals surface area contributed by atoms with E-state index in [2.05, 4.69) is 82.6 Å². The first kappa shape index (κ1) is 30.8. The van der Waals surface area contributed by atoms with E-state index < -0.39 is 0 Å². The van der Waals surface area contributed by atoms with E-state index in [9.17, 15) is 4.79 Å². The van der Waals surface area contributed by atoms with Gasteiger partial charge >= 0.3 is 0 Å². The van der Waals surface area contributed by atoms with Gasteiger partial charge in [0.15, 0.2) is 17.3 Å². The first-order valence-corrected chi connectivity index (χ1v) is 16.2. The summed E-state index contributed by atoms with van der Waals surface area (Å²) in [5.41, 5.74) is 5.71. The number of rotatable bonds is 7. The zero-order chi connectivity index (χ0) is 31.8. The van der Waals surface area contributed by atoms with Crippen molar-refractivity contribution in [2.24, 2.45) is 10.9 Å². The normalized spacial score (nSPS) is 18.4. The van der Waals surface area contributed by atoms with Gasteiger partial charge in [0.25, 0.3) is 0 Å². The molecule has 0 amide bonds. The summed E-state index contributed by atoms with van der Waals surface area (Å²) in [7, 11) is 0. The van der Waals surface area contributed by atoms with Crippen molar-refractivity contribution in [2.45, 2.75) is 97.3 Å². The second-order valence-corrected chi connectivity index (χ2v) is 14.4. The van der Waals surface area contributed by atoms with Crippen LogP contribution in [-0.2, 0) is 29.0 Å². The number of carbonyl (C=O) groups excluding carboxylic acids is 1. The number of hydrogen-bond donors (Lipinski definition) is 0. The fourth-order valence-electron chi connectivity index (χ4n) is 6.53. The fraction of sp³-hybridized carbons (Fsp3) is 0.410. The summed E-state index contributed by atoms with van der Waals surface area (Å²) in [5.74, 6) is 1.95. The molecule has 45 heavy (non-hydrogen) atoms. The third-order valence-corrected chi connectivity index (χ3v) is 8.75. The van der Waals surface area contributed by atoms with Crippen molar-refractivity contribution in [3.63, 3.8) is 0 Å². The smallest absolute Gasteiger partial charge is 0.161 e. The van der Waals surface area contributed by atoms with E-state index in [1.807, 2.05) is 42.5 Å². The summed E-state index contributed by atoms with van der Waals surface area (Å²) in [6.07, 6.45) is 3.26. The third-order valence-electron chi connectivity index (χ3n) is 8.75. The number of fused-ring (bicyclic) bond motifs is 2. The zero-order valence-electron chi connectivity index (χ0n) is 27.5. The van der Waals surface area contributed by atoms with Crippen LogP contribution in [0.5, 0.6) is 11.5 Å². The molecule has 4 aromatic rings. The van der Waals surface area contributed by atoms with Crippen molar-refractivity contribution in [3.8, 4) is 11.5 Å². The van der Waals surface area contributed by atoms with Gasteiger partial charge in [-0.25, -0.2) is 9.67 Å². The van der Waals surface area contributed by atoms with Gasteiger partial charge in [-0.05, 0) is 68.9 Å². The number of benzene rings is 3. The van der Waals surface area contributed by atoms with E-state index >= 15 is 0 Å². The van der Waals surface area contributed by atoms with Gasteiger partial charge in [0, 0.05) is 29.0 Å². The molecule has 1 aromatic heterocycles. The molecule has 0 N–H and O–H groups in total. The van der Waals surface area contributed by atoms with Gasteiger partial charge in [-0.3, -0.25) is 4.79 Å². The molecule has 2 unspecified atom stereocenters. The average molecular weight is 604 g/mol. The Morgan fingerprint density at radius 2 is 1.36 bits per heavy atom. The number of carbonyl (C=O) groups is 1. The van der Waals surface area contributed by atoms with E-state index in [1.165, 1.54) is 0 Å². The molecule has 234 valence electrons. The van der Waals surface area contributed by atoms with Crippen LogP contribution in [0.25, 0.3) is 0 Å². The fourth-order valence-corrected chi connectivity index (χ4v) is 6.53. The minimum atomic E-state index is -0.322. The lowest BCUT2D eigenvalue weighted by Gasteiger charge is -2.33. The predicted molar refractivity (Wildman–Crippen MR) is 180 cm³/mol. The largest absolute Gasteiger partial charge is 0.485 e. The van der Waals surface area contributed by atoms with Gasteiger partial charge in [0.05, 0.1) is 17.2 Å². The van der Waals surface area contributed by atoms with Crippen LogP contribution in [0, 0.1) is 5.92 Å². The van der Waals surface area contributed by atoms with Gasteiger partial charge in [-0.1, -0.05) is 87.5 Å². The van der Waals surface area contributed by atoms with Gasteiger partial charge in [-0.15, -0.1) is 0 Å². The first-order valence-electron chi connectivity index (χ1n) is 16.2. The van der Waals surface area contributed by atoms with Crippen LogP contribution in [0.4, 0.5) is 5.82 Å². The Morgan fingerprint density at radius 1 is 0.756 bits per heavy atom. The highest BCUT2D eigenvalue weighted by atomic mass is 16.5. The Kier molecular flexibility index (Phi) is 8.43. The molecule has 0 saturated heterocycles. The first-order chi connectivity index (χ1) is 21.5. The lowest BCUT2D eigenvalue weighted by Crippen LogP contribution is -2.33. The molecule has 1 saturated carbocycles. The van der Waals surface area contributed by atoms with Crippen LogP contribution in [0.2, 0.25) is 0 Å². The molecule has 1 aliphatic carbocycles. The average Bonchev–Trinajstić information content (AvgIpc) is 3.33. The summed E-state index contributed by atoms with van der Waals surface area (Å²) >= 11 is 0. The maximum Gasteiger partial charge on any atom is 0.161 e. The molecular weight excluding hydrogens is 558 g/mol. The molecule has 6 rings (SSSR count). The van der Waals surface area contributed by atoms with Crippen molar-refractivity contribution >= 4 is 17.3 Å². The van der Waals surface area contributed by atoms with Crippen LogP contribution in [0.3, 0.4) is 0 Å². The number of ketones is 1. The molecule has 2 atom stereocenters. The highest BCUT2D eigenvalue weighted by Crippen LogP contribution is 2.51. The molecule has 0 bridgehead atoms. The second kappa shape index (κ2) is 12.3. The molecule has 6 heteroatoms. The van der Waals surface area contributed by atoms with Gasteiger partial charge in [-0.2, -0.15) is 5.10 Å². The summed E-state index contributed by atoms with van der Waals surface area (Å²) in [6, 6.07) is 26.5. The van der Waals surface area contributed by atoms with Gasteiger partial charge in [0.1, 0.15) is 19.0 Å². The number of aliphatic imine (C=N–C) groups is 1. The molecule has 6 nitrogen and oxygen atoms in total. The third kappa shape index (κ3) is 6.47. The standard InChI is InChI=1S/C39H45N3O3/c1-38(2,3)36-35-33(34-29(19-13-14-20-30(34)43)40-37(35)42(41-36)39(4,5)6)28-21-22-31(44-24-26-15-9-7-10-16-26)32(23-28)45-25-27-17-11-8-12-18-27/h7-12,15-18,21-23,33-34H,13-14,19-20,24-25H2,1-6H3. The highest BCUT2D eigenvalue weighted by Gasteiger charge is 2.45. The summed E-state index contributed by atoms with van der Waals surface area (Å²) < 4.78 is 15.0. The van der Waals surface area contributed by atoms with E-state index in [-0.39, 0.29) is 28.6 Å². The summed E-state index contributed by atoms with van der Waals surface area (Å²) in [6.45, 7) is 13.9. The number of ether oxygens (including phenoxy) is 2. The Labute approximate surface area is 267 Å². The van der Waals surface area contributed by atoms with Crippen LogP contribution >= 0.6 is 0 Å². The minimum absolute atomic E-state index is 0.217. The number of hydrogen-bond acceptors (Lipinski definition) is 5. The molecule has 0 radical (unpaired) electrons. The minimum Gasteiger partial charge on any atom is -0.485 e. The topological polar surface area (TPSA) is 65.7 Å². The van der Waals surface area contributed by atoms with Crippen LogP contribution < -0.4 is 9.47 Å². The molecule has 2 heterocycles. The predicted octanol–water partition coefficient (Wildman–Crippen LogP) is 9.07. The van der Waals surface area contributed by atoms with Crippen LogP contribution in [-0.4, -0.2) is 21.3 Å². The lowest BCUT2D eigenvalue weighted by molar-refractivity contribution is -0.121. The van der Waals surface area contributed by atoms with E-state index in [0.29, 0.717) is 31.1 Å². The van der Waals surface area contributed by atoms with Crippen molar-refractivity contribution < 1.29 is 14.3 Å². The SMILES string of the molecule is CC(C)(C)c1nn(C(C)(C)C)c2c1C(c1ccc(OCc3ccccc3)c(OCc3ccccc3)c1)C1C(=O)CCCCC1=N2. The van der Waals surface area contributed by atoms with Crippen molar-refractivity contribution in [1.29, 1.82) is 0 Å². The van der Waals surface area contributed by atoms with E-state index in [1.54, 1.807) is 0 Å². The molecule has 0 spiro atoms. The van der Waals surface area contributed by atoms with Crippen LogP contribution in [0.1, 0.15) is 101 Å². The highest BCUT2D eigenvalue weighted by molar-refractivity contribution is 6.09. The molecule has 3 aromatic carbocycles. The Bertz CT molecular complexity index is 1690. The van der Waals surface area contributed by atoms with E-state index in [4.69, 9.17) is 19.6 Å². The summed E-state index contributed by atoms with van der Waals surface area (Å²) in [4.78, 5) is 19.2.